The molecule has 3 nitrogen and oxygen atoms in total. The van der Waals surface area contributed by atoms with Crippen molar-refractivity contribution in [3.8, 4) is 0 Å². The highest BCUT2D eigenvalue weighted by Crippen LogP contribution is 2.45. The van der Waals surface area contributed by atoms with Crippen molar-refractivity contribution in [2.45, 2.75) is 30.8 Å². The highest BCUT2D eigenvalue weighted by Gasteiger charge is 2.52. The summed E-state index contributed by atoms with van der Waals surface area (Å²) in [6.45, 7) is 0. The van der Waals surface area contributed by atoms with Crippen molar-refractivity contribution >= 4 is 11.6 Å². The normalized spacial score (nSPS) is 18.7. The van der Waals surface area contributed by atoms with Gasteiger partial charge in [-0.1, -0.05) is 45.4 Å². The predicted molar refractivity (Wildman–Crippen MR) is 85.0 cm³/mol. The zero-order valence-corrected chi connectivity index (χ0v) is 12.9. The number of nitrogens with two attached hydrogens (primary N) is 1. The number of carbonyl (C=O) groups excluding carboxylic acids is 1. The smallest absolute Gasteiger partial charge is 0.321 e. The molecule has 0 saturated carbocycles. The maximum Gasteiger partial charge on any atom is 0.321 e. The summed E-state index contributed by atoms with van der Waals surface area (Å²) in [5.74, 6) is -2.73. The van der Waals surface area contributed by atoms with E-state index in [-0.39, 0.29) is 0 Å². The second-order valence-corrected chi connectivity index (χ2v) is 6.11. The van der Waals surface area contributed by atoms with Crippen LogP contribution in [0.2, 0.25) is 0 Å². The molecule has 2 aromatic carbocycles. The Morgan fingerprint density at radius 2 is 1.92 bits per heavy atom. The predicted octanol–water partition coefficient (Wildman–Crippen LogP) is 3.85. The number of alkyl halides is 1. The van der Waals surface area contributed by atoms with Crippen molar-refractivity contribution in [1.82, 2.24) is 5.34 Å². The number of halogens is 3. The van der Waals surface area contributed by atoms with Gasteiger partial charge in [-0.05, 0) is 41.7 Å². The third-order valence-electron chi connectivity index (χ3n) is 4.61. The minimum absolute atomic E-state index is 0.293. The zero-order chi connectivity index (χ0) is 17.3. The van der Waals surface area contributed by atoms with Gasteiger partial charge in [0.25, 0.3) is 0 Å². The number of anilines is 1. The maximum absolute atomic E-state index is 15.7. The van der Waals surface area contributed by atoms with Crippen LogP contribution in [0.4, 0.5) is 19.0 Å². The van der Waals surface area contributed by atoms with Gasteiger partial charge in [-0.25, -0.2) is 4.39 Å². The van der Waals surface area contributed by atoms with Crippen LogP contribution in [0.5, 0.6) is 0 Å². The molecule has 24 heavy (non-hydrogen) atoms. The van der Waals surface area contributed by atoms with Crippen molar-refractivity contribution in [3.05, 3.63) is 65.2 Å². The Morgan fingerprint density at radius 1 is 1.21 bits per heavy atom. The van der Waals surface area contributed by atoms with E-state index in [1.807, 2.05) is 0 Å². The van der Waals surface area contributed by atoms with Crippen LogP contribution in [-0.4, -0.2) is 16.9 Å². The standard InChI is InChI=1S/C18H17F3N2O/c19-18(17(24)23(20)21,11-12-4-2-1-3-5-12)16-9-6-13-10-14(22)7-8-15(13)16/h1-5,7-8,10,16H,6,9,11,22H2. The van der Waals surface area contributed by atoms with E-state index < -0.39 is 29.3 Å². The van der Waals surface area contributed by atoms with Gasteiger partial charge in [-0.15, -0.1) is 0 Å². The number of nitrogen functional groups attached to an aromatic ring is 1. The fourth-order valence-corrected chi connectivity index (χ4v) is 3.49. The van der Waals surface area contributed by atoms with E-state index in [1.165, 1.54) is 0 Å². The summed E-state index contributed by atoms with van der Waals surface area (Å²) in [6, 6.07) is 13.3. The van der Waals surface area contributed by atoms with E-state index in [1.54, 1.807) is 48.5 Å². The molecule has 1 aliphatic rings. The summed E-state index contributed by atoms with van der Waals surface area (Å²) in [4.78, 5) is 12.0. The van der Waals surface area contributed by atoms with Gasteiger partial charge >= 0.3 is 5.91 Å². The van der Waals surface area contributed by atoms with E-state index in [2.05, 4.69) is 0 Å². The first-order chi connectivity index (χ1) is 11.4. The molecule has 126 valence electrons. The van der Waals surface area contributed by atoms with Gasteiger partial charge in [0.2, 0.25) is 5.67 Å². The largest absolute Gasteiger partial charge is 0.399 e. The molecule has 0 fully saturated rings. The Morgan fingerprint density at radius 3 is 2.58 bits per heavy atom. The van der Waals surface area contributed by atoms with Gasteiger partial charge in [0.05, 0.1) is 0 Å². The summed E-state index contributed by atoms with van der Waals surface area (Å²) in [7, 11) is 0. The lowest BCUT2D eigenvalue weighted by Gasteiger charge is -2.30. The van der Waals surface area contributed by atoms with Crippen LogP contribution >= 0.6 is 0 Å². The van der Waals surface area contributed by atoms with Crippen LogP contribution in [-0.2, 0) is 17.6 Å². The molecule has 2 aromatic rings. The number of nitrogens with zero attached hydrogens (tertiary/aromatic N) is 1. The molecule has 6 heteroatoms. The molecule has 0 radical (unpaired) electrons. The number of benzene rings is 2. The van der Waals surface area contributed by atoms with Gasteiger partial charge in [0.1, 0.15) is 0 Å². The Labute approximate surface area is 137 Å². The SMILES string of the molecule is Nc1ccc2c(c1)CCC2C(F)(Cc1ccccc1)C(=O)N(F)F. The lowest BCUT2D eigenvalue weighted by molar-refractivity contribution is -0.202. The van der Waals surface area contributed by atoms with Crippen LogP contribution in [0.3, 0.4) is 0 Å². The zero-order valence-electron chi connectivity index (χ0n) is 12.9. The van der Waals surface area contributed by atoms with Crippen LogP contribution < -0.4 is 5.73 Å². The molecule has 0 aromatic heterocycles. The summed E-state index contributed by atoms with van der Waals surface area (Å²) >= 11 is 0. The average molecular weight is 334 g/mol. The van der Waals surface area contributed by atoms with Gasteiger partial charge in [0, 0.05) is 23.4 Å². The molecular weight excluding hydrogens is 317 g/mol. The molecule has 2 atom stereocenters. The Balaban J connectivity index is 2.02. The molecule has 2 N–H and O–H groups in total. The van der Waals surface area contributed by atoms with Gasteiger partial charge in [-0.2, -0.15) is 0 Å². The molecule has 0 bridgehead atoms. The van der Waals surface area contributed by atoms with E-state index in [0.29, 0.717) is 29.7 Å². The number of fused-ring (bicyclic) bond motifs is 1. The first-order valence-electron chi connectivity index (χ1n) is 7.69. The molecule has 2 unspecified atom stereocenters. The Hall–Kier alpha value is -2.50. The second kappa shape index (κ2) is 6.19. The number of carbonyl (C=O) groups is 1. The van der Waals surface area contributed by atoms with Crippen molar-refractivity contribution in [3.63, 3.8) is 0 Å². The average Bonchev–Trinajstić information content (AvgIpc) is 2.98. The van der Waals surface area contributed by atoms with Crippen LogP contribution in [0, 0.1) is 0 Å². The molecule has 0 heterocycles. The number of aryl methyl sites for hydroxylation is 1. The van der Waals surface area contributed by atoms with Crippen LogP contribution in [0.1, 0.15) is 29.0 Å². The Bertz CT molecular complexity index is 751. The monoisotopic (exact) mass is 334 g/mol. The molecular formula is C18H17F3N2O. The summed E-state index contributed by atoms with van der Waals surface area (Å²) in [5.41, 5.74) is 5.45. The fourth-order valence-electron chi connectivity index (χ4n) is 3.49. The van der Waals surface area contributed by atoms with E-state index >= 15 is 4.39 Å². The summed E-state index contributed by atoms with van der Waals surface area (Å²) in [5, 5.41) is -1.64. The van der Waals surface area contributed by atoms with Gasteiger partial charge in [-0.3, -0.25) is 4.79 Å². The first kappa shape index (κ1) is 16.4. The number of rotatable bonds is 4. The van der Waals surface area contributed by atoms with E-state index in [0.717, 1.165) is 5.56 Å². The molecule has 1 amide bonds. The number of hydrogen-bond acceptors (Lipinski definition) is 2. The minimum Gasteiger partial charge on any atom is -0.399 e. The lowest BCUT2D eigenvalue weighted by atomic mass is 9.79. The van der Waals surface area contributed by atoms with Gasteiger partial charge in [0.15, 0.2) is 0 Å². The molecule has 0 spiro atoms. The van der Waals surface area contributed by atoms with E-state index in [9.17, 15) is 13.8 Å². The highest BCUT2D eigenvalue weighted by atomic mass is 19.4. The molecule has 1 aliphatic carbocycles. The number of amides is 1. The third-order valence-corrected chi connectivity index (χ3v) is 4.61. The Kier molecular flexibility index (Phi) is 4.22. The van der Waals surface area contributed by atoms with Crippen LogP contribution in [0.25, 0.3) is 0 Å². The quantitative estimate of drug-likeness (QED) is 0.682. The molecule has 0 saturated heterocycles. The van der Waals surface area contributed by atoms with Crippen LogP contribution in [0.15, 0.2) is 48.5 Å². The second-order valence-electron chi connectivity index (χ2n) is 6.11. The maximum atomic E-state index is 15.7. The topological polar surface area (TPSA) is 46.3 Å². The van der Waals surface area contributed by atoms with Crippen molar-refractivity contribution < 1.29 is 18.1 Å². The third kappa shape index (κ3) is 2.84. The molecule has 0 aliphatic heterocycles. The minimum atomic E-state index is -2.70. The number of hydrogen-bond donors (Lipinski definition) is 1. The fraction of sp³-hybridized carbons (Fsp3) is 0.278. The lowest BCUT2D eigenvalue weighted by Crippen LogP contribution is -2.46. The summed E-state index contributed by atoms with van der Waals surface area (Å²) in [6.07, 6.45) is 0.407. The summed E-state index contributed by atoms with van der Waals surface area (Å²) < 4.78 is 41.6. The van der Waals surface area contributed by atoms with E-state index in [4.69, 9.17) is 5.73 Å². The first-order valence-corrected chi connectivity index (χ1v) is 7.69. The van der Waals surface area contributed by atoms with Crippen molar-refractivity contribution in [2.75, 3.05) is 5.73 Å². The van der Waals surface area contributed by atoms with Crippen molar-refractivity contribution in [1.29, 1.82) is 0 Å². The van der Waals surface area contributed by atoms with Crippen molar-refractivity contribution in [2.24, 2.45) is 0 Å². The molecule has 3 rings (SSSR count). The van der Waals surface area contributed by atoms with Gasteiger partial charge < -0.3 is 5.73 Å². The highest BCUT2D eigenvalue weighted by molar-refractivity contribution is 5.85.